The lowest BCUT2D eigenvalue weighted by atomic mass is 9.94. The van der Waals surface area contributed by atoms with E-state index in [2.05, 4.69) is 5.32 Å². The summed E-state index contributed by atoms with van der Waals surface area (Å²) in [7, 11) is 0. The number of hydrogen-bond acceptors (Lipinski definition) is 5. The van der Waals surface area contributed by atoms with E-state index in [0.29, 0.717) is 44.9 Å². The van der Waals surface area contributed by atoms with Gasteiger partial charge >= 0.3 is 5.97 Å². The Bertz CT molecular complexity index is 408. The van der Waals surface area contributed by atoms with Gasteiger partial charge in [-0.3, -0.25) is 0 Å². The summed E-state index contributed by atoms with van der Waals surface area (Å²) in [6.07, 6.45) is 1.22. The van der Waals surface area contributed by atoms with Crippen LogP contribution in [-0.4, -0.2) is 41.5 Å². The van der Waals surface area contributed by atoms with E-state index in [1.807, 2.05) is 0 Å². The van der Waals surface area contributed by atoms with E-state index >= 15 is 0 Å². The minimum atomic E-state index is -1.08. The molecule has 1 aromatic rings. The van der Waals surface area contributed by atoms with E-state index in [0.717, 1.165) is 0 Å². The second-order valence-corrected chi connectivity index (χ2v) is 4.51. The number of nitrogens with one attached hydrogen (secondary N) is 1. The molecule has 1 aliphatic heterocycles. The van der Waals surface area contributed by atoms with Crippen LogP contribution in [0, 0.1) is 0 Å². The Morgan fingerprint density at radius 2 is 2.11 bits per heavy atom. The molecule has 3 N–H and O–H groups in total. The van der Waals surface area contributed by atoms with Gasteiger partial charge in [0.1, 0.15) is 5.76 Å². The van der Waals surface area contributed by atoms with Crippen LogP contribution >= 0.6 is 0 Å². The van der Waals surface area contributed by atoms with Crippen LogP contribution in [0.2, 0.25) is 0 Å². The zero-order chi connectivity index (χ0) is 13.0. The van der Waals surface area contributed by atoms with E-state index < -0.39 is 11.6 Å². The van der Waals surface area contributed by atoms with Crippen molar-refractivity contribution in [2.24, 2.45) is 0 Å². The molecule has 6 heteroatoms. The van der Waals surface area contributed by atoms with Gasteiger partial charge in [-0.15, -0.1) is 0 Å². The molecule has 0 unspecified atom stereocenters. The average molecular weight is 255 g/mol. The topological polar surface area (TPSA) is 91.9 Å². The Balaban J connectivity index is 1.78. The Morgan fingerprint density at radius 3 is 2.72 bits per heavy atom. The highest BCUT2D eigenvalue weighted by Gasteiger charge is 2.29. The van der Waals surface area contributed by atoms with Crippen LogP contribution in [-0.2, 0) is 11.3 Å². The lowest BCUT2D eigenvalue weighted by Crippen LogP contribution is -2.44. The summed E-state index contributed by atoms with van der Waals surface area (Å²) >= 11 is 0. The van der Waals surface area contributed by atoms with Gasteiger partial charge < -0.3 is 24.7 Å². The largest absolute Gasteiger partial charge is 0.475 e. The quantitative estimate of drug-likeness (QED) is 0.714. The molecule has 1 saturated heterocycles. The molecule has 100 valence electrons. The second kappa shape index (κ2) is 5.51. The number of carbonyl (C=O) groups is 1. The normalized spacial score (nSPS) is 18.7. The SMILES string of the molecule is O=C(O)c1ccc(CNCC2(O)CCOCC2)o1. The van der Waals surface area contributed by atoms with Gasteiger partial charge in [0.05, 0.1) is 12.1 Å². The lowest BCUT2D eigenvalue weighted by Gasteiger charge is -2.32. The first-order valence-corrected chi connectivity index (χ1v) is 5.92. The molecule has 0 spiro atoms. The van der Waals surface area contributed by atoms with Gasteiger partial charge in [0.25, 0.3) is 0 Å². The summed E-state index contributed by atoms with van der Waals surface area (Å²) in [5, 5.41) is 21.9. The Hall–Kier alpha value is -1.37. The summed E-state index contributed by atoms with van der Waals surface area (Å²) in [5.41, 5.74) is -0.736. The van der Waals surface area contributed by atoms with E-state index in [1.165, 1.54) is 6.07 Å². The third kappa shape index (κ3) is 3.32. The van der Waals surface area contributed by atoms with Crippen LogP contribution in [0.1, 0.15) is 29.2 Å². The van der Waals surface area contributed by atoms with Gasteiger partial charge in [0.2, 0.25) is 5.76 Å². The number of furan rings is 1. The molecule has 0 radical (unpaired) electrons. The van der Waals surface area contributed by atoms with Gasteiger partial charge in [-0.2, -0.15) is 0 Å². The molecule has 0 aliphatic carbocycles. The van der Waals surface area contributed by atoms with Crippen molar-refractivity contribution in [1.82, 2.24) is 5.32 Å². The summed E-state index contributed by atoms with van der Waals surface area (Å²) in [5.74, 6) is -0.607. The minimum Gasteiger partial charge on any atom is -0.475 e. The highest BCUT2D eigenvalue weighted by molar-refractivity contribution is 5.84. The molecule has 6 nitrogen and oxygen atoms in total. The van der Waals surface area contributed by atoms with Gasteiger partial charge in [-0.25, -0.2) is 4.79 Å². The van der Waals surface area contributed by atoms with E-state index in [-0.39, 0.29) is 5.76 Å². The molecule has 0 saturated carbocycles. The fourth-order valence-corrected chi connectivity index (χ4v) is 1.93. The summed E-state index contributed by atoms with van der Waals surface area (Å²) in [6, 6.07) is 3.03. The first-order chi connectivity index (χ1) is 8.59. The maximum absolute atomic E-state index is 10.6. The maximum atomic E-state index is 10.6. The van der Waals surface area contributed by atoms with E-state index in [1.54, 1.807) is 6.07 Å². The fourth-order valence-electron chi connectivity index (χ4n) is 1.93. The monoisotopic (exact) mass is 255 g/mol. The number of rotatable bonds is 5. The minimum absolute atomic E-state index is 0.0726. The van der Waals surface area contributed by atoms with Crippen molar-refractivity contribution in [3.8, 4) is 0 Å². The van der Waals surface area contributed by atoms with Crippen LogP contribution in [0.3, 0.4) is 0 Å². The zero-order valence-electron chi connectivity index (χ0n) is 10.0. The molecule has 0 aromatic carbocycles. The standard InChI is InChI=1S/C12H17NO5/c14-11(15)10-2-1-9(18-10)7-13-8-12(16)3-5-17-6-4-12/h1-2,13,16H,3-8H2,(H,14,15). The van der Waals surface area contributed by atoms with Crippen LogP contribution < -0.4 is 5.32 Å². The first kappa shape index (κ1) is 13.1. The van der Waals surface area contributed by atoms with Crippen molar-refractivity contribution in [3.63, 3.8) is 0 Å². The third-order valence-electron chi connectivity index (χ3n) is 3.05. The maximum Gasteiger partial charge on any atom is 0.371 e. The predicted octanol–water partition coefficient (Wildman–Crippen LogP) is 0.609. The number of aromatic carboxylic acids is 1. The van der Waals surface area contributed by atoms with Crippen LogP contribution in [0.5, 0.6) is 0 Å². The lowest BCUT2D eigenvalue weighted by molar-refractivity contribution is -0.0618. The van der Waals surface area contributed by atoms with Crippen LogP contribution in [0.25, 0.3) is 0 Å². The van der Waals surface area contributed by atoms with Crippen molar-refractivity contribution in [2.75, 3.05) is 19.8 Å². The molecule has 0 bridgehead atoms. The van der Waals surface area contributed by atoms with Gasteiger partial charge in [-0.1, -0.05) is 0 Å². The molecule has 1 aliphatic rings. The smallest absolute Gasteiger partial charge is 0.371 e. The molecule has 18 heavy (non-hydrogen) atoms. The first-order valence-electron chi connectivity index (χ1n) is 5.92. The predicted molar refractivity (Wildman–Crippen MR) is 62.4 cm³/mol. The Labute approximate surface area is 105 Å². The van der Waals surface area contributed by atoms with Crippen molar-refractivity contribution in [3.05, 3.63) is 23.7 Å². The van der Waals surface area contributed by atoms with Crippen molar-refractivity contribution < 1.29 is 24.2 Å². The van der Waals surface area contributed by atoms with Gasteiger partial charge in [-0.05, 0) is 12.1 Å². The molecule has 0 amide bonds. The van der Waals surface area contributed by atoms with Crippen molar-refractivity contribution >= 4 is 5.97 Å². The third-order valence-corrected chi connectivity index (χ3v) is 3.05. The van der Waals surface area contributed by atoms with Gasteiger partial charge in [0.15, 0.2) is 0 Å². The Morgan fingerprint density at radius 1 is 1.39 bits per heavy atom. The molecule has 1 fully saturated rings. The summed E-state index contributed by atoms with van der Waals surface area (Å²) in [4.78, 5) is 10.6. The second-order valence-electron chi connectivity index (χ2n) is 4.51. The molecule has 0 atom stereocenters. The molecule has 2 rings (SSSR count). The molecular weight excluding hydrogens is 238 g/mol. The molecule has 1 aromatic heterocycles. The number of hydrogen-bond donors (Lipinski definition) is 3. The summed E-state index contributed by atoms with van der Waals surface area (Å²) < 4.78 is 10.3. The van der Waals surface area contributed by atoms with Crippen LogP contribution in [0.15, 0.2) is 16.5 Å². The summed E-state index contributed by atoms with van der Waals surface area (Å²) in [6.45, 7) is 1.99. The van der Waals surface area contributed by atoms with E-state index in [4.69, 9.17) is 14.3 Å². The molecular formula is C12H17NO5. The van der Waals surface area contributed by atoms with E-state index in [9.17, 15) is 9.90 Å². The van der Waals surface area contributed by atoms with Crippen molar-refractivity contribution in [2.45, 2.75) is 25.0 Å². The van der Waals surface area contributed by atoms with Crippen molar-refractivity contribution in [1.29, 1.82) is 0 Å². The highest BCUT2D eigenvalue weighted by atomic mass is 16.5. The zero-order valence-corrected chi connectivity index (χ0v) is 10.0. The van der Waals surface area contributed by atoms with Gasteiger partial charge in [0, 0.05) is 32.6 Å². The number of carboxylic acids is 1. The highest BCUT2D eigenvalue weighted by Crippen LogP contribution is 2.19. The fraction of sp³-hybridized carbons (Fsp3) is 0.583. The number of carboxylic acid groups (broad SMARTS) is 1. The number of ether oxygens (including phenoxy) is 1. The van der Waals surface area contributed by atoms with Crippen LogP contribution in [0.4, 0.5) is 0 Å². The molecule has 2 heterocycles. The Kier molecular flexibility index (Phi) is 4.00. The number of aliphatic hydroxyl groups is 1. The average Bonchev–Trinajstić information content (AvgIpc) is 2.78.